The van der Waals surface area contributed by atoms with E-state index in [1.807, 2.05) is 0 Å². The van der Waals surface area contributed by atoms with Gasteiger partial charge in [0.2, 0.25) is 0 Å². The maximum absolute atomic E-state index is 11.8. The third-order valence-corrected chi connectivity index (χ3v) is 3.05. The van der Waals surface area contributed by atoms with Gasteiger partial charge < -0.3 is 0 Å². The number of rotatable bonds is 13. The molecule has 16 heavy (non-hydrogen) atoms. The van der Waals surface area contributed by atoms with Crippen molar-refractivity contribution in [3.63, 3.8) is 0 Å². The lowest BCUT2D eigenvalue weighted by Crippen LogP contribution is -1.84. The van der Waals surface area contributed by atoms with Crippen LogP contribution in [0.15, 0.2) is 0 Å². The summed E-state index contributed by atoms with van der Waals surface area (Å²) >= 11 is 0. The molecule has 0 bridgehead atoms. The Kier molecular flexibility index (Phi) is 14.9. The van der Waals surface area contributed by atoms with Crippen molar-refractivity contribution in [3.05, 3.63) is 6.42 Å². The van der Waals surface area contributed by atoms with E-state index < -0.39 is 0 Å². The van der Waals surface area contributed by atoms with E-state index in [0.717, 1.165) is 12.8 Å². The van der Waals surface area contributed by atoms with Crippen molar-refractivity contribution in [2.24, 2.45) is 0 Å². The number of hydrogen-bond acceptors (Lipinski definition) is 0. The molecule has 0 aromatic heterocycles. The molecule has 1 radical (unpaired) electrons. The molecular weight excluding hydrogens is 199 g/mol. The lowest BCUT2D eigenvalue weighted by atomic mass is 10.0. The first kappa shape index (κ1) is 15.9. The van der Waals surface area contributed by atoms with Crippen LogP contribution in [0.1, 0.15) is 84.0 Å². The molecule has 0 saturated carbocycles. The van der Waals surface area contributed by atoms with E-state index in [9.17, 15) is 4.39 Å². The Balaban J connectivity index is 2.83. The minimum absolute atomic E-state index is 0.141. The fraction of sp³-hybridized carbons (Fsp3) is 0.933. The van der Waals surface area contributed by atoms with Crippen LogP contribution >= 0.6 is 0 Å². The molecule has 0 heterocycles. The van der Waals surface area contributed by atoms with Crippen LogP contribution in [0.25, 0.3) is 0 Å². The van der Waals surface area contributed by atoms with Gasteiger partial charge in [-0.2, -0.15) is 0 Å². The minimum Gasteiger partial charge on any atom is -0.251 e. The van der Waals surface area contributed by atoms with Crippen LogP contribution in [0.2, 0.25) is 0 Å². The molecule has 0 rings (SSSR count). The second kappa shape index (κ2) is 14.9. The topological polar surface area (TPSA) is 0 Å². The fourth-order valence-electron chi connectivity index (χ4n) is 1.95. The first-order valence-corrected chi connectivity index (χ1v) is 7.29. The number of alkyl halides is 1. The second-order valence-electron chi connectivity index (χ2n) is 4.74. The van der Waals surface area contributed by atoms with E-state index in [-0.39, 0.29) is 6.67 Å². The molecule has 0 saturated heterocycles. The Morgan fingerprint density at radius 1 is 0.688 bits per heavy atom. The summed E-state index contributed by atoms with van der Waals surface area (Å²) in [5.74, 6) is 0. The lowest BCUT2D eigenvalue weighted by Gasteiger charge is -2.01. The number of halogens is 1. The zero-order valence-electron chi connectivity index (χ0n) is 11.1. The van der Waals surface area contributed by atoms with Crippen molar-refractivity contribution >= 4 is 0 Å². The van der Waals surface area contributed by atoms with E-state index in [0.29, 0.717) is 0 Å². The van der Waals surface area contributed by atoms with Crippen LogP contribution in [0.3, 0.4) is 0 Å². The molecule has 0 amide bonds. The summed E-state index contributed by atoms with van der Waals surface area (Å²) in [6.45, 7) is 2.12. The second-order valence-corrected chi connectivity index (χ2v) is 4.74. The van der Waals surface area contributed by atoms with E-state index in [2.05, 4.69) is 13.3 Å². The highest BCUT2D eigenvalue weighted by molar-refractivity contribution is 4.64. The Morgan fingerprint density at radius 2 is 1.19 bits per heavy atom. The zero-order chi connectivity index (χ0) is 11.9. The van der Waals surface area contributed by atoms with Crippen LogP contribution < -0.4 is 0 Å². The first-order valence-electron chi connectivity index (χ1n) is 7.29. The Bertz CT molecular complexity index is 98.0. The molecule has 0 spiro atoms. The minimum atomic E-state index is -0.141. The summed E-state index contributed by atoms with van der Waals surface area (Å²) in [6.07, 6.45) is 17.6. The molecule has 0 aromatic carbocycles. The van der Waals surface area contributed by atoms with Gasteiger partial charge in [-0.25, -0.2) is 0 Å². The summed E-state index contributed by atoms with van der Waals surface area (Å²) in [6, 6.07) is 0. The van der Waals surface area contributed by atoms with Crippen molar-refractivity contribution in [2.75, 3.05) is 6.67 Å². The van der Waals surface area contributed by atoms with E-state index in [1.54, 1.807) is 0 Å². The van der Waals surface area contributed by atoms with Crippen LogP contribution in [-0.4, -0.2) is 6.67 Å². The molecule has 0 aliphatic rings. The smallest absolute Gasteiger partial charge is 0.0894 e. The molecule has 0 aliphatic heterocycles. The van der Waals surface area contributed by atoms with Gasteiger partial charge in [0.15, 0.2) is 0 Å². The molecule has 0 N–H and O–H groups in total. The van der Waals surface area contributed by atoms with Crippen LogP contribution in [-0.2, 0) is 0 Å². The molecule has 0 atom stereocenters. The monoisotopic (exact) mass is 229 g/mol. The Morgan fingerprint density at radius 3 is 1.75 bits per heavy atom. The van der Waals surface area contributed by atoms with Gasteiger partial charge in [0.05, 0.1) is 6.67 Å². The largest absolute Gasteiger partial charge is 0.251 e. The zero-order valence-corrected chi connectivity index (χ0v) is 11.1. The summed E-state index contributed by atoms with van der Waals surface area (Å²) in [5, 5.41) is 0. The van der Waals surface area contributed by atoms with E-state index in [1.165, 1.54) is 64.2 Å². The normalized spacial score (nSPS) is 10.9. The molecule has 97 valence electrons. The fourth-order valence-corrected chi connectivity index (χ4v) is 1.95. The van der Waals surface area contributed by atoms with Gasteiger partial charge in [-0.3, -0.25) is 4.39 Å². The van der Waals surface area contributed by atoms with Crippen LogP contribution in [0.5, 0.6) is 0 Å². The predicted molar refractivity (Wildman–Crippen MR) is 71.4 cm³/mol. The van der Waals surface area contributed by atoms with Gasteiger partial charge in [0.25, 0.3) is 0 Å². The molecule has 0 nitrogen and oxygen atoms in total. The maximum Gasteiger partial charge on any atom is 0.0894 e. The molecule has 0 aliphatic carbocycles. The van der Waals surface area contributed by atoms with Gasteiger partial charge in [0, 0.05) is 0 Å². The average molecular weight is 229 g/mol. The Labute approximate surface area is 102 Å². The molecule has 0 unspecified atom stereocenters. The van der Waals surface area contributed by atoms with Gasteiger partial charge in [-0.1, -0.05) is 77.6 Å². The van der Waals surface area contributed by atoms with Gasteiger partial charge >= 0.3 is 0 Å². The van der Waals surface area contributed by atoms with Gasteiger partial charge in [0.1, 0.15) is 0 Å². The third-order valence-electron chi connectivity index (χ3n) is 3.05. The molecule has 0 aromatic rings. The van der Waals surface area contributed by atoms with Crippen LogP contribution in [0, 0.1) is 6.42 Å². The summed E-state index contributed by atoms with van der Waals surface area (Å²) in [7, 11) is 0. The third kappa shape index (κ3) is 13.9. The van der Waals surface area contributed by atoms with Crippen molar-refractivity contribution in [2.45, 2.75) is 84.0 Å². The SMILES string of the molecule is CCCCCCCCC[CH]CCCCCF. The predicted octanol–water partition coefficient (Wildman–Crippen LogP) is 5.86. The van der Waals surface area contributed by atoms with Crippen molar-refractivity contribution in [3.8, 4) is 0 Å². The lowest BCUT2D eigenvalue weighted by molar-refractivity contribution is 0.455. The first-order chi connectivity index (χ1) is 7.91. The number of unbranched alkanes of at least 4 members (excludes halogenated alkanes) is 12. The highest BCUT2D eigenvalue weighted by Crippen LogP contribution is 2.11. The highest BCUT2D eigenvalue weighted by atomic mass is 19.1. The standard InChI is InChI=1S/C15H30F/c1-2-3-4-5-6-7-8-9-10-11-12-13-14-15-16/h10H,2-9,11-15H2,1H3. The van der Waals surface area contributed by atoms with E-state index in [4.69, 9.17) is 0 Å². The quantitative estimate of drug-likeness (QED) is 0.347. The maximum atomic E-state index is 11.8. The highest BCUT2D eigenvalue weighted by Gasteiger charge is 1.93. The molecule has 1 heteroatoms. The molecular formula is C15H30F. The summed E-state index contributed by atoms with van der Waals surface area (Å²) in [4.78, 5) is 0. The summed E-state index contributed by atoms with van der Waals surface area (Å²) in [5.41, 5.74) is 0. The number of hydrogen-bond donors (Lipinski definition) is 0. The van der Waals surface area contributed by atoms with Crippen molar-refractivity contribution in [1.29, 1.82) is 0 Å². The molecule has 0 fully saturated rings. The summed E-state index contributed by atoms with van der Waals surface area (Å²) < 4.78 is 11.8. The average Bonchev–Trinajstić information content (AvgIpc) is 2.31. The van der Waals surface area contributed by atoms with Crippen LogP contribution in [0.4, 0.5) is 4.39 Å². The van der Waals surface area contributed by atoms with Gasteiger partial charge in [-0.05, 0) is 12.8 Å². The van der Waals surface area contributed by atoms with Crippen molar-refractivity contribution in [1.82, 2.24) is 0 Å². The Hall–Kier alpha value is -0.0700. The van der Waals surface area contributed by atoms with Gasteiger partial charge in [-0.15, -0.1) is 0 Å². The van der Waals surface area contributed by atoms with Crippen molar-refractivity contribution < 1.29 is 4.39 Å². The van der Waals surface area contributed by atoms with E-state index >= 15 is 0 Å².